The lowest BCUT2D eigenvalue weighted by atomic mass is 10.0. The Morgan fingerprint density at radius 1 is 0.833 bits per heavy atom. The molecule has 4 rings (SSSR count). The maximum atomic E-state index is 13.4. The summed E-state index contributed by atoms with van der Waals surface area (Å²) in [6, 6.07) is 23.9. The van der Waals surface area contributed by atoms with Crippen molar-refractivity contribution in [3.8, 4) is 5.75 Å². The van der Waals surface area contributed by atoms with Gasteiger partial charge in [-0.1, -0.05) is 48.0 Å². The monoisotopic (exact) mass is 398 g/mol. The fraction of sp³-hybridized carbons (Fsp3) is 0.120. The summed E-state index contributed by atoms with van der Waals surface area (Å²) in [5.41, 5.74) is 3.65. The molecule has 2 amide bonds. The van der Waals surface area contributed by atoms with Gasteiger partial charge in [0.25, 0.3) is 11.8 Å². The minimum atomic E-state index is -0.386. The van der Waals surface area contributed by atoms with E-state index in [0.717, 1.165) is 11.3 Å². The van der Waals surface area contributed by atoms with Crippen LogP contribution in [0.4, 0.5) is 11.4 Å². The molecule has 1 aliphatic heterocycles. The lowest BCUT2D eigenvalue weighted by molar-refractivity contribution is -0.120. The number of benzene rings is 3. The van der Waals surface area contributed by atoms with Crippen molar-refractivity contribution >= 4 is 28.8 Å². The highest BCUT2D eigenvalue weighted by molar-refractivity contribution is 6.46. The van der Waals surface area contributed by atoms with E-state index in [2.05, 4.69) is 5.32 Å². The summed E-state index contributed by atoms with van der Waals surface area (Å²) in [4.78, 5) is 27.9. The van der Waals surface area contributed by atoms with Gasteiger partial charge in [0.05, 0.1) is 17.9 Å². The third-order valence-electron chi connectivity index (χ3n) is 4.87. The third kappa shape index (κ3) is 3.70. The molecule has 0 aromatic heterocycles. The Bertz CT molecular complexity index is 1100. The van der Waals surface area contributed by atoms with Crippen LogP contribution in [0.5, 0.6) is 5.75 Å². The number of rotatable bonds is 6. The maximum Gasteiger partial charge on any atom is 0.282 e. The maximum absolute atomic E-state index is 13.4. The fourth-order valence-electron chi connectivity index (χ4n) is 3.39. The van der Waals surface area contributed by atoms with Crippen LogP contribution in [0.2, 0.25) is 0 Å². The van der Waals surface area contributed by atoms with Crippen molar-refractivity contribution in [3.63, 3.8) is 0 Å². The van der Waals surface area contributed by atoms with E-state index in [4.69, 9.17) is 4.74 Å². The van der Waals surface area contributed by atoms with Crippen LogP contribution in [0, 0.1) is 6.92 Å². The number of carbonyl (C=O) groups excluding carboxylic acids is 2. The smallest absolute Gasteiger partial charge is 0.282 e. The first-order valence-corrected chi connectivity index (χ1v) is 9.83. The average molecular weight is 398 g/mol. The Balaban J connectivity index is 1.76. The Hall–Kier alpha value is -3.86. The van der Waals surface area contributed by atoms with Gasteiger partial charge in [0.15, 0.2) is 0 Å². The molecule has 3 aromatic carbocycles. The van der Waals surface area contributed by atoms with Crippen LogP contribution in [0.1, 0.15) is 18.1 Å². The van der Waals surface area contributed by atoms with Crippen LogP contribution in [0.25, 0.3) is 5.57 Å². The van der Waals surface area contributed by atoms with Crippen LogP contribution >= 0.6 is 0 Å². The number of nitrogens with zero attached hydrogens (tertiary/aromatic N) is 1. The molecule has 0 unspecified atom stereocenters. The highest BCUT2D eigenvalue weighted by atomic mass is 16.5. The minimum absolute atomic E-state index is 0.268. The zero-order chi connectivity index (χ0) is 21.1. The van der Waals surface area contributed by atoms with Crippen molar-refractivity contribution in [1.29, 1.82) is 0 Å². The number of aryl methyl sites for hydroxylation is 1. The van der Waals surface area contributed by atoms with E-state index in [9.17, 15) is 9.59 Å². The van der Waals surface area contributed by atoms with E-state index in [1.807, 2.05) is 68.4 Å². The summed E-state index contributed by atoms with van der Waals surface area (Å²) in [5, 5.41) is 3.16. The second-order valence-corrected chi connectivity index (χ2v) is 6.98. The first-order chi connectivity index (χ1) is 14.6. The molecule has 0 radical (unpaired) electrons. The number of hydrogen-bond acceptors (Lipinski definition) is 4. The second kappa shape index (κ2) is 8.25. The standard InChI is InChI=1S/C25H22N2O3/c1-3-30-21-15-13-20(14-16-21)27-24(28)22(18-11-9-17(2)10-12-18)23(25(27)29)26-19-7-5-4-6-8-19/h4-16,26H,3H2,1-2H3. The predicted molar refractivity (Wildman–Crippen MR) is 118 cm³/mol. The molecule has 1 aliphatic rings. The molecule has 150 valence electrons. The second-order valence-electron chi connectivity index (χ2n) is 6.98. The molecule has 1 N–H and O–H groups in total. The zero-order valence-corrected chi connectivity index (χ0v) is 16.9. The molecule has 0 saturated carbocycles. The van der Waals surface area contributed by atoms with Gasteiger partial charge in [-0.2, -0.15) is 0 Å². The van der Waals surface area contributed by atoms with Gasteiger partial charge in [-0.15, -0.1) is 0 Å². The number of carbonyl (C=O) groups is 2. The van der Waals surface area contributed by atoms with Gasteiger partial charge >= 0.3 is 0 Å². The van der Waals surface area contributed by atoms with E-state index in [-0.39, 0.29) is 17.5 Å². The molecule has 0 fully saturated rings. The molecule has 5 nitrogen and oxygen atoms in total. The van der Waals surface area contributed by atoms with Crippen molar-refractivity contribution in [2.24, 2.45) is 0 Å². The molecule has 0 spiro atoms. The van der Waals surface area contributed by atoms with Gasteiger partial charge in [-0.05, 0) is 55.8 Å². The van der Waals surface area contributed by atoms with Crippen LogP contribution in [0.3, 0.4) is 0 Å². The van der Waals surface area contributed by atoms with Gasteiger partial charge in [0, 0.05) is 5.69 Å². The molecule has 0 saturated heterocycles. The number of anilines is 2. The highest BCUT2D eigenvalue weighted by Gasteiger charge is 2.40. The van der Waals surface area contributed by atoms with E-state index in [0.29, 0.717) is 29.2 Å². The number of hydrogen-bond donors (Lipinski definition) is 1. The molecule has 30 heavy (non-hydrogen) atoms. The molecular formula is C25H22N2O3. The first-order valence-electron chi connectivity index (χ1n) is 9.83. The molecule has 3 aromatic rings. The van der Waals surface area contributed by atoms with Crippen molar-refractivity contribution in [2.75, 3.05) is 16.8 Å². The van der Waals surface area contributed by atoms with Gasteiger partial charge in [-0.3, -0.25) is 9.59 Å². The topological polar surface area (TPSA) is 58.6 Å². The summed E-state index contributed by atoms with van der Waals surface area (Å²) < 4.78 is 5.47. The van der Waals surface area contributed by atoms with Crippen LogP contribution < -0.4 is 15.0 Å². The number of nitrogens with one attached hydrogen (secondary N) is 1. The van der Waals surface area contributed by atoms with Crippen LogP contribution in [-0.4, -0.2) is 18.4 Å². The van der Waals surface area contributed by atoms with Crippen molar-refractivity contribution in [1.82, 2.24) is 0 Å². The largest absolute Gasteiger partial charge is 0.494 e. The minimum Gasteiger partial charge on any atom is -0.494 e. The highest BCUT2D eigenvalue weighted by Crippen LogP contribution is 2.34. The molecule has 5 heteroatoms. The van der Waals surface area contributed by atoms with Gasteiger partial charge in [-0.25, -0.2) is 4.90 Å². The molecule has 1 heterocycles. The Morgan fingerprint density at radius 2 is 1.50 bits per heavy atom. The Kier molecular flexibility index (Phi) is 5.35. The van der Waals surface area contributed by atoms with Crippen molar-refractivity contribution < 1.29 is 14.3 Å². The molecule has 0 bridgehead atoms. The normalized spacial score (nSPS) is 13.7. The summed E-state index contributed by atoms with van der Waals surface area (Å²) in [7, 11) is 0. The Morgan fingerprint density at radius 3 is 2.13 bits per heavy atom. The SMILES string of the molecule is CCOc1ccc(N2C(=O)C(Nc3ccccc3)=C(c3ccc(C)cc3)C2=O)cc1. The third-order valence-corrected chi connectivity index (χ3v) is 4.87. The zero-order valence-electron chi connectivity index (χ0n) is 16.9. The quantitative estimate of drug-likeness (QED) is 0.607. The predicted octanol–water partition coefficient (Wildman–Crippen LogP) is 4.79. The average Bonchev–Trinajstić information content (AvgIpc) is 3.00. The first kappa shape index (κ1) is 19.5. The lowest BCUT2D eigenvalue weighted by Crippen LogP contribution is -2.32. The molecule has 0 atom stereocenters. The number of ether oxygens (including phenoxy) is 1. The van der Waals surface area contributed by atoms with Crippen molar-refractivity contribution in [2.45, 2.75) is 13.8 Å². The Labute approximate surface area is 175 Å². The van der Waals surface area contributed by atoms with E-state index >= 15 is 0 Å². The van der Waals surface area contributed by atoms with Gasteiger partial charge in [0.2, 0.25) is 0 Å². The van der Waals surface area contributed by atoms with E-state index < -0.39 is 0 Å². The molecule has 0 aliphatic carbocycles. The van der Waals surface area contributed by atoms with Crippen LogP contribution in [-0.2, 0) is 9.59 Å². The summed E-state index contributed by atoms with van der Waals surface area (Å²) in [5.74, 6) is -0.0512. The fourth-order valence-corrected chi connectivity index (χ4v) is 3.39. The summed E-state index contributed by atoms with van der Waals surface area (Å²) in [6.45, 7) is 4.43. The summed E-state index contributed by atoms with van der Waals surface area (Å²) in [6.07, 6.45) is 0. The molecular weight excluding hydrogens is 376 g/mol. The number of amides is 2. The number of para-hydroxylation sites is 1. The van der Waals surface area contributed by atoms with Gasteiger partial charge in [0.1, 0.15) is 11.4 Å². The summed E-state index contributed by atoms with van der Waals surface area (Å²) >= 11 is 0. The lowest BCUT2D eigenvalue weighted by Gasteiger charge is -2.16. The number of imide groups is 1. The van der Waals surface area contributed by atoms with Crippen LogP contribution in [0.15, 0.2) is 84.6 Å². The van der Waals surface area contributed by atoms with E-state index in [1.165, 1.54) is 4.90 Å². The van der Waals surface area contributed by atoms with Crippen molar-refractivity contribution in [3.05, 3.63) is 95.7 Å². The van der Waals surface area contributed by atoms with Gasteiger partial charge < -0.3 is 10.1 Å². The van der Waals surface area contributed by atoms with E-state index in [1.54, 1.807) is 24.3 Å².